The molecule has 0 saturated carbocycles. The number of hydrogen-bond acceptors (Lipinski definition) is 5. The van der Waals surface area contributed by atoms with Crippen molar-refractivity contribution in [3.8, 4) is 0 Å². The van der Waals surface area contributed by atoms with Crippen LogP contribution in [0.4, 0.5) is 0 Å². The molecule has 1 aromatic carbocycles. The molecule has 0 spiro atoms. The van der Waals surface area contributed by atoms with Crippen LogP contribution in [0.3, 0.4) is 0 Å². The van der Waals surface area contributed by atoms with Gasteiger partial charge in [0.2, 0.25) is 9.05 Å². The van der Waals surface area contributed by atoms with Gasteiger partial charge in [0.1, 0.15) is 0 Å². The third-order valence-corrected chi connectivity index (χ3v) is 4.73. The highest BCUT2D eigenvalue weighted by atomic mass is 35.7. The number of hydrogen-bond donors (Lipinski definition) is 0. The smallest absolute Gasteiger partial charge is 0.266 e. The van der Waals surface area contributed by atoms with E-state index in [1.165, 1.54) is 0 Å². The number of fused-ring (bicyclic) bond motifs is 1. The number of benzene rings is 1. The minimum absolute atomic E-state index is 0.0382. The molecule has 1 unspecified atom stereocenters. The topological polar surface area (TPSA) is 80.8 Å². The summed E-state index contributed by atoms with van der Waals surface area (Å²) in [6, 6.07) is 6.40. The maximum atomic E-state index is 12.1. The van der Waals surface area contributed by atoms with Crippen molar-refractivity contribution in [3.63, 3.8) is 0 Å². The molecule has 1 atom stereocenters. The Balaban J connectivity index is 2.09. The molecule has 1 aromatic rings. The molecule has 6 nitrogen and oxygen atoms in total. The van der Waals surface area contributed by atoms with Crippen molar-refractivity contribution < 1.29 is 22.8 Å². The van der Waals surface area contributed by atoms with Crippen molar-refractivity contribution >= 4 is 31.5 Å². The summed E-state index contributed by atoms with van der Waals surface area (Å²) in [5, 5.41) is 0.681. The molecular formula is C14H16ClNO5S. The van der Waals surface area contributed by atoms with Gasteiger partial charge in [-0.1, -0.05) is 26.0 Å². The second kappa shape index (κ2) is 6.36. The van der Waals surface area contributed by atoms with E-state index in [-0.39, 0.29) is 29.4 Å². The zero-order valence-corrected chi connectivity index (χ0v) is 13.7. The third-order valence-electron chi connectivity index (χ3n) is 3.53. The first-order valence-electron chi connectivity index (χ1n) is 6.73. The molecule has 120 valence electrons. The van der Waals surface area contributed by atoms with E-state index in [2.05, 4.69) is 0 Å². The lowest BCUT2D eigenvalue weighted by Crippen LogP contribution is -2.34. The second-order valence-corrected chi connectivity index (χ2v) is 8.28. The number of imide groups is 1. The molecule has 1 aliphatic rings. The van der Waals surface area contributed by atoms with Crippen molar-refractivity contribution in [2.45, 2.75) is 13.8 Å². The molecule has 2 rings (SSSR count). The van der Waals surface area contributed by atoms with Crippen LogP contribution in [-0.4, -0.2) is 37.7 Å². The zero-order valence-electron chi connectivity index (χ0n) is 12.2. The summed E-state index contributed by atoms with van der Waals surface area (Å²) in [6.07, 6.45) is 0. The van der Waals surface area contributed by atoms with E-state index in [1.807, 2.05) is 13.8 Å². The lowest BCUT2D eigenvalue weighted by Gasteiger charge is -2.21. The summed E-state index contributed by atoms with van der Waals surface area (Å²) in [5.74, 6) is -1.83. The maximum Gasteiger partial charge on any atom is 0.285 e. The molecule has 2 amide bonds. The van der Waals surface area contributed by atoms with E-state index >= 15 is 0 Å². The fraction of sp³-hybridized carbons (Fsp3) is 0.429. The first-order valence-corrected chi connectivity index (χ1v) is 9.21. The van der Waals surface area contributed by atoms with E-state index in [1.54, 1.807) is 24.3 Å². The molecule has 0 N–H and O–H groups in total. The molecule has 0 radical (unpaired) electrons. The summed E-state index contributed by atoms with van der Waals surface area (Å²) < 4.78 is 22.4. The van der Waals surface area contributed by atoms with E-state index in [4.69, 9.17) is 15.5 Å². The number of carbonyl (C=O) groups is 2. The number of nitrogens with zero attached hydrogens (tertiary/aromatic N) is 1. The monoisotopic (exact) mass is 345 g/mol. The quantitative estimate of drug-likeness (QED) is 0.582. The van der Waals surface area contributed by atoms with Crippen molar-refractivity contribution in [1.29, 1.82) is 0 Å². The predicted octanol–water partition coefficient (Wildman–Crippen LogP) is 2.06. The van der Waals surface area contributed by atoms with Gasteiger partial charge in [-0.15, -0.1) is 5.06 Å². The van der Waals surface area contributed by atoms with Crippen LogP contribution < -0.4 is 0 Å². The van der Waals surface area contributed by atoms with Crippen LogP contribution in [-0.2, 0) is 13.9 Å². The Kier molecular flexibility index (Phi) is 4.89. The van der Waals surface area contributed by atoms with Crippen LogP contribution in [0.2, 0.25) is 0 Å². The Labute approximate surface area is 133 Å². The first kappa shape index (κ1) is 16.9. The molecule has 0 fully saturated rings. The number of halogens is 1. The van der Waals surface area contributed by atoms with Gasteiger partial charge in [-0.3, -0.25) is 14.4 Å². The molecule has 22 heavy (non-hydrogen) atoms. The zero-order chi connectivity index (χ0) is 16.5. The number of hydroxylamine groups is 2. The van der Waals surface area contributed by atoms with Gasteiger partial charge in [0, 0.05) is 16.6 Å². The van der Waals surface area contributed by atoms with Crippen LogP contribution in [0, 0.1) is 11.8 Å². The van der Waals surface area contributed by atoms with Gasteiger partial charge in [-0.25, -0.2) is 8.42 Å². The Morgan fingerprint density at radius 2 is 1.64 bits per heavy atom. The second-order valence-electron chi connectivity index (χ2n) is 5.46. The van der Waals surface area contributed by atoms with Crippen LogP contribution >= 0.6 is 10.7 Å². The SMILES string of the molecule is CC(C)C(CON1C(=O)c2ccccc2C1=O)CS(=O)(=O)Cl. The summed E-state index contributed by atoms with van der Waals surface area (Å²) in [5.41, 5.74) is 0.553. The van der Waals surface area contributed by atoms with Gasteiger partial charge in [0.05, 0.1) is 23.5 Å². The van der Waals surface area contributed by atoms with Gasteiger partial charge in [0.15, 0.2) is 0 Å². The molecule has 0 saturated heterocycles. The highest BCUT2D eigenvalue weighted by Gasteiger charge is 2.37. The molecular weight excluding hydrogens is 330 g/mol. The number of carbonyl (C=O) groups excluding carboxylic acids is 2. The van der Waals surface area contributed by atoms with Gasteiger partial charge in [-0.05, 0) is 18.1 Å². The van der Waals surface area contributed by atoms with Crippen LogP contribution in [0.5, 0.6) is 0 Å². The van der Waals surface area contributed by atoms with Crippen LogP contribution in [0.25, 0.3) is 0 Å². The Morgan fingerprint density at radius 3 is 2.05 bits per heavy atom. The summed E-state index contributed by atoms with van der Waals surface area (Å²) in [4.78, 5) is 29.5. The third kappa shape index (κ3) is 3.66. The fourth-order valence-corrected chi connectivity index (χ4v) is 3.62. The van der Waals surface area contributed by atoms with Crippen molar-refractivity contribution in [3.05, 3.63) is 35.4 Å². The average Bonchev–Trinajstić information content (AvgIpc) is 2.67. The van der Waals surface area contributed by atoms with Gasteiger partial charge in [-0.2, -0.15) is 0 Å². The van der Waals surface area contributed by atoms with E-state index < -0.39 is 26.8 Å². The lowest BCUT2D eigenvalue weighted by atomic mass is 9.99. The minimum Gasteiger partial charge on any atom is -0.266 e. The van der Waals surface area contributed by atoms with Crippen molar-refractivity contribution in [2.75, 3.05) is 12.4 Å². The van der Waals surface area contributed by atoms with E-state index in [0.29, 0.717) is 5.06 Å². The fourth-order valence-electron chi connectivity index (χ4n) is 2.14. The maximum absolute atomic E-state index is 12.1. The summed E-state index contributed by atoms with van der Waals surface area (Å²) in [6.45, 7) is 3.55. The first-order chi connectivity index (χ1) is 10.2. The molecule has 0 aromatic heterocycles. The largest absolute Gasteiger partial charge is 0.285 e. The molecule has 1 aliphatic heterocycles. The summed E-state index contributed by atoms with van der Waals surface area (Å²) >= 11 is 0. The highest BCUT2D eigenvalue weighted by molar-refractivity contribution is 8.13. The van der Waals surface area contributed by atoms with Crippen LogP contribution in [0.1, 0.15) is 34.6 Å². The van der Waals surface area contributed by atoms with Crippen LogP contribution in [0.15, 0.2) is 24.3 Å². The Bertz CT molecular complexity index is 666. The van der Waals surface area contributed by atoms with Gasteiger partial charge < -0.3 is 0 Å². The molecule has 0 bridgehead atoms. The van der Waals surface area contributed by atoms with E-state index in [9.17, 15) is 18.0 Å². The summed E-state index contributed by atoms with van der Waals surface area (Å²) in [7, 11) is 1.58. The lowest BCUT2D eigenvalue weighted by molar-refractivity contribution is -0.104. The Morgan fingerprint density at radius 1 is 1.14 bits per heavy atom. The van der Waals surface area contributed by atoms with Gasteiger partial charge >= 0.3 is 0 Å². The molecule has 0 aliphatic carbocycles. The van der Waals surface area contributed by atoms with E-state index in [0.717, 1.165) is 0 Å². The highest BCUT2D eigenvalue weighted by Crippen LogP contribution is 2.24. The number of amides is 2. The molecule has 8 heteroatoms. The average molecular weight is 346 g/mol. The van der Waals surface area contributed by atoms with Gasteiger partial charge in [0.25, 0.3) is 11.8 Å². The predicted molar refractivity (Wildman–Crippen MR) is 80.9 cm³/mol. The van der Waals surface area contributed by atoms with Crippen molar-refractivity contribution in [1.82, 2.24) is 5.06 Å². The number of rotatable bonds is 6. The standard InChI is InChI=1S/C14H16ClNO5S/c1-9(2)10(8-22(15,19)20)7-21-16-13(17)11-5-3-4-6-12(11)14(16)18/h3-6,9-10H,7-8H2,1-2H3. The van der Waals surface area contributed by atoms with Crippen molar-refractivity contribution in [2.24, 2.45) is 11.8 Å². The Hall–Kier alpha value is -1.44. The molecule has 1 heterocycles. The normalized spacial score (nSPS) is 16.3. The minimum atomic E-state index is -3.69.